The maximum absolute atomic E-state index is 5.80. The zero-order chi connectivity index (χ0) is 14.1. The molecule has 1 aromatic heterocycles. The molecule has 0 amide bonds. The Morgan fingerprint density at radius 1 is 1.30 bits per heavy atom. The number of fused-ring (bicyclic) bond motifs is 1. The number of benzene rings is 1. The van der Waals surface area contributed by atoms with E-state index in [1.165, 1.54) is 0 Å². The summed E-state index contributed by atoms with van der Waals surface area (Å²) < 4.78 is 13.9. The number of hydrogen-bond donors (Lipinski definition) is 1. The number of hydrogen-bond acceptors (Lipinski definition) is 5. The van der Waals surface area contributed by atoms with Gasteiger partial charge in [0.25, 0.3) is 0 Å². The Morgan fingerprint density at radius 2 is 2.00 bits per heavy atom. The Labute approximate surface area is 125 Å². The van der Waals surface area contributed by atoms with Crippen molar-refractivity contribution in [3.8, 4) is 11.5 Å². The van der Waals surface area contributed by atoms with E-state index in [1.807, 2.05) is 23.7 Å². The molecular formula is C13H15BrN4O2. The summed E-state index contributed by atoms with van der Waals surface area (Å²) in [4.78, 5) is 0. The van der Waals surface area contributed by atoms with Crippen LogP contribution >= 0.6 is 15.9 Å². The summed E-state index contributed by atoms with van der Waals surface area (Å²) in [5.41, 5.74) is 7.79. The first-order chi connectivity index (χ1) is 9.69. The van der Waals surface area contributed by atoms with Crippen LogP contribution in [0, 0.1) is 0 Å². The number of aromatic nitrogens is 3. The van der Waals surface area contributed by atoms with Gasteiger partial charge in [-0.25, -0.2) is 4.68 Å². The molecule has 0 bridgehead atoms. The predicted octanol–water partition coefficient (Wildman–Crippen LogP) is 2.00. The molecule has 1 aliphatic rings. The second-order valence-electron chi connectivity index (χ2n) is 4.52. The molecule has 2 aromatic rings. The molecule has 0 saturated heterocycles. The second kappa shape index (κ2) is 5.32. The minimum absolute atomic E-state index is 0.487. The lowest BCUT2D eigenvalue weighted by molar-refractivity contribution is 0.171. The Morgan fingerprint density at radius 3 is 2.70 bits per heavy atom. The minimum Gasteiger partial charge on any atom is -0.486 e. The Bertz CT molecular complexity index is 642. The number of halogens is 1. The van der Waals surface area contributed by atoms with Crippen LogP contribution in [0.4, 0.5) is 5.82 Å². The van der Waals surface area contributed by atoms with Gasteiger partial charge in [-0.15, -0.1) is 5.10 Å². The molecule has 1 aliphatic heterocycles. The van der Waals surface area contributed by atoms with Gasteiger partial charge in [0.05, 0.1) is 12.2 Å². The first-order valence-corrected chi connectivity index (χ1v) is 7.24. The molecule has 2 heterocycles. The number of rotatable bonds is 3. The van der Waals surface area contributed by atoms with Crippen molar-refractivity contribution in [1.29, 1.82) is 0 Å². The average Bonchev–Trinajstić information content (AvgIpc) is 2.80. The summed E-state index contributed by atoms with van der Waals surface area (Å²) in [5.74, 6) is 2.02. The molecule has 7 heteroatoms. The molecule has 106 valence electrons. The van der Waals surface area contributed by atoms with Crippen LogP contribution in [0.2, 0.25) is 0 Å². The highest BCUT2D eigenvalue weighted by atomic mass is 79.9. The summed E-state index contributed by atoms with van der Waals surface area (Å²) in [7, 11) is 0. The van der Waals surface area contributed by atoms with Crippen LogP contribution in [0.15, 0.2) is 16.6 Å². The van der Waals surface area contributed by atoms with Gasteiger partial charge in [-0.05, 0) is 24.1 Å². The van der Waals surface area contributed by atoms with E-state index < -0.39 is 0 Å². The third-order valence-electron chi connectivity index (χ3n) is 3.23. The van der Waals surface area contributed by atoms with Gasteiger partial charge in [-0.2, -0.15) is 0 Å². The molecule has 3 rings (SSSR count). The lowest BCUT2D eigenvalue weighted by Gasteiger charge is -2.20. The number of nitrogens with zero attached hydrogens (tertiary/aromatic N) is 3. The standard InChI is InChI=1S/C13H15BrN4O2/c1-2-10-13(15)16-17-18(10)7-8-5-11-12(6-9(8)14)20-4-3-19-11/h5-6H,2-4,7,15H2,1H3. The van der Waals surface area contributed by atoms with Gasteiger partial charge in [0, 0.05) is 4.47 Å². The average molecular weight is 339 g/mol. The summed E-state index contributed by atoms with van der Waals surface area (Å²) >= 11 is 3.56. The van der Waals surface area contributed by atoms with Crippen molar-refractivity contribution in [3.05, 3.63) is 27.9 Å². The molecule has 0 aliphatic carbocycles. The highest BCUT2D eigenvalue weighted by molar-refractivity contribution is 9.10. The van der Waals surface area contributed by atoms with Crippen LogP contribution in [-0.2, 0) is 13.0 Å². The molecule has 2 N–H and O–H groups in total. The first kappa shape index (κ1) is 13.2. The highest BCUT2D eigenvalue weighted by Gasteiger charge is 2.16. The van der Waals surface area contributed by atoms with Gasteiger partial charge in [-0.3, -0.25) is 0 Å². The molecule has 0 radical (unpaired) electrons. The molecule has 0 fully saturated rings. The van der Waals surface area contributed by atoms with Gasteiger partial charge in [0.2, 0.25) is 0 Å². The fourth-order valence-corrected chi connectivity index (χ4v) is 2.67. The highest BCUT2D eigenvalue weighted by Crippen LogP contribution is 2.35. The van der Waals surface area contributed by atoms with Crippen LogP contribution in [0.1, 0.15) is 18.2 Å². The summed E-state index contributed by atoms with van der Waals surface area (Å²) in [6.07, 6.45) is 0.793. The van der Waals surface area contributed by atoms with Crippen molar-refractivity contribution in [2.45, 2.75) is 19.9 Å². The van der Waals surface area contributed by atoms with E-state index in [4.69, 9.17) is 15.2 Å². The summed E-state index contributed by atoms with van der Waals surface area (Å²) in [5, 5.41) is 8.00. The molecule has 0 unspecified atom stereocenters. The van der Waals surface area contributed by atoms with E-state index >= 15 is 0 Å². The van der Waals surface area contributed by atoms with E-state index in [0.717, 1.165) is 33.6 Å². The van der Waals surface area contributed by atoms with E-state index in [0.29, 0.717) is 25.6 Å². The second-order valence-corrected chi connectivity index (χ2v) is 5.37. The number of anilines is 1. The van der Waals surface area contributed by atoms with E-state index in [-0.39, 0.29) is 0 Å². The predicted molar refractivity (Wildman–Crippen MR) is 78.0 cm³/mol. The third kappa shape index (κ3) is 2.33. The molecule has 20 heavy (non-hydrogen) atoms. The lowest BCUT2D eigenvalue weighted by atomic mass is 10.2. The Balaban J connectivity index is 1.94. The van der Waals surface area contributed by atoms with Crippen LogP contribution in [0.5, 0.6) is 11.5 Å². The smallest absolute Gasteiger partial charge is 0.169 e. The third-order valence-corrected chi connectivity index (χ3v) is 3.97. The van der Waals surface area contributed by atoms with E-state index in [2.05, 4.69) is 26.2 Å². The Hall–Kier alpha value is -1.76. The van der Waals surface area contributed by atoms with Gasteiger partial charge < -0.3 is 15.2 Å². The Kier molecular flexibility index (Phi) is 3.52. The fraction of sp³-hybridized carbons (Fsp3) is 0.385. The summed E-state index contributed by atoms with van der Waals surface area (Å²) in [6, 6.07) is 3.89. The number of nitrogens with two attached hydrogens (primary N) is 1. The quantitative estimate of drug-likeness (QED) is 0.926. The van der Waals surface area contributed by atoms with Gasteiger partial charge >= 0.3 is 0 Å². The molecule has 6 nitrogen and oxygen atoms in total. The number of nitrogen functional groups attached to an aromatic ring is 1. The first-order valence-electron chi connectivity index (χ1n) is 6.45. The zero-order valence-corrected chi connectivity index (χ0v) is 12.7. The van der Waals surface area contributed by atoms with Crippen molar-refractivity contribution in [2.24, 2.45) is 0 Å². The topological polar surface area (TPSA) is 75.2 Å². The lowest BCUT2D eigenvalue weighted by Crippen LogP contribution is -2.16. The van der Waals surface area contributed by atoms with E-state index in [9.17, 15) is 0 Å². The molecule has 1 aromatic carbocycles. The zero-order valence-electron chi connectivity index (χ0n) is 11.1. The van der Waals surface area contributed by atoms with Crippen molar-refractivity contribution < 1.29 is 9.47 Å². The SMILES string of the molecule is CCc1c(N)nnn1Cc1cc2c(cc1Br)OCCO2. The molecule has 0 saturated carbocycles. The minimum atomic E-state index is 0.487. The number of ether oxygens (including phenoxy) is 2. The maximum Gasteiger partial charge on any atom is 0.169 e. The van der Waals surface area contributed by atoms with Crippen molar-refractivity contribution in [1.82, 2.24) is 15.0 Å². The van der Waals surface area contributed by atoms with Crippen LogP contribution in [0.25, 0.3) is 0 Å². The van der Waals surface area contributed by atoms with Crippen LogP contribution < -0.4 is 15.2 Å². The van der Waals surface area contributed by atoms with Crippen molar-refractivity contribution in [2.75, 3.05) is 18.9 Å². The largest absolute Gasteiger partial charge is 0.486 e. The maximum atomic E-state index is 5.80. The monoisotopic (exact) mass is 338 g/mol. The summed E-state index contributed by atoms with van der Waals surface area (Å²) in [6.45, 7) is 3.78. The van der Waals surface area contributed by atoms with Gasteiger partial charge in [0.15, 0.2) is 17.3 Å². The molecule has 0 atom stereocenters. The van der Waals surface area contributed by atoms with Gasteiger partial charge in [-0.1, -0.05) is 28.1 Å². The molecule has 0 spiro atoms. The van der Waals surface area contributed by atoms with Crippen molar-refractivity contribution >= 4 is 21.7 Å². The van der Waals surface area contributed by atoms with Gasteiger partial charge in [0.1, 0.15) is 13.2 Å². The normalized spacial score (nSPS) is 13.5. The van der Waals surface area contributed by atoms with Crippen LogP contribution in [-0.4, -0.2) is 28.2 Å². The van der Waals surface area contributed by atoms with E-state index in [1.54, 1.807) is 0 Å². The van der Waals surface area contributed by atoms with Crippen molar-refractivity contribution in [3.63, 3.8) is 0 Å². The fourth-order valence-electron chi connectivity index (χ4n) is 2.23. The van der Waals surface area contributed by atoms with Crippen LogP contribution in [0.3, 0.4) is 0 Å². The molecular weight excluding hydrogens is 324 g/mol.